The number of hydrogen-bond donors (Lipinski definition) is 0. The molecule has 0 bridgehead atoms. The number of fused-ring (bicyclic) bond motifs is 2. The van der Waals surface area contributed by atoms with E-state index < -0.39 is 29.0 Å². The van der Waals surface area contributed by atoms with Gasteiger partial charge in [-0.1, -0.05) is 48.5 Å². The summed E-state index contributed by atoms with van der Waals surface area (Å²) in [6, 6.07) is 19.3. The number of rotatable bonds is 2. The minimum absolute atomic E-state index is 0.0474. The summed E-state index contributed by atoms with van der Waals surface area (Å²) >= 11 is 0. The molecule has 0 unspecified atom stereocenters. The van der Waals surface area contributed by atoms with Gasteiger partial charge < -0.3 is 0 Å². The number of halogens is 6. The van der Waals surface area contributed by atoms with E-state index in [1.54, 1.807) is 30.3 Å². The van der Waals surface area contributed by atoms with Gasteiger partial charge in [-0.3, -0.25) is 0 Å². The zero-order valence-electron chi connectivity index (χ0n) is 16.2. The van der Waals surface area contributed by atoms with Crippen LogP contribution >= 0.6 is 0 Å². The third-order valence-electron chi connectivity index (χ3n) is 5.12. The van der Waals surface area contributed by atoms with Gasteiger partial charge in [0.1, 0.15) is 0 Å². The molecule has 4 aromatic carbocycles. The number of alkyl halides is 6. The van der Waals surface area contributed by atoms with Crippen LogP contribution in [0.25, 0.3) is 33.2 Å². The molecule has 0 atom stereocenters. The van der Waals surface area contributed by atoms with Crippen molar-refractivity contribution in [2.45, 2.75) is 12.4 Å². The van der Waals surface area contributed by atoms with Crippen molar-refractivity contribution in [3.8, 4) is 6.07 Å². The van der Waals surface area contributed by atoms with E-state index in [0.717, 1.165) is 21.5 Å². The van der Waals surface area contributed by atoms with Crippen molar-refractivity contribution < 1.29 is 26.3 Å². The van der Waals surface area contributed by atoms with Gasteiger partial charge in [-0.25, -0.2) is 0 Å². The molecule has 160 valence electrons. The average molecular weight is 441 g/mol. The van der Waals surface area contributed by atoms with Crippen LogP contribution in [0.15, 0.2) is 72.8 Å². The van der Waals surface area contributed by atoms with Crippen molar-refractivity contribution in [1.29, 1.82) is 5.26 Å². The Labute approximate surface area is 178 Å². The summed E-state index contributed by atoms with van der Waals surface area (Å²) in [4.78, 5) is 0. The summed E-state index contributed by atoms with van der Waals surface area (Å²) in [5, 5.41) is 12.8. The van der Waals surface area contributed by atoms with Gasteiger partial charge in [0.15, 0.2) is 0 Å². The van der Waals surface area contributed by atoms with E-state index in [2.05, 4.69) is 0 Å². The highest BCUT2D eigenvalue weighted by atomic mass is 19.4. The molecule has 0 aliphatic carbocycles. The molecule has 0 saturated carbocycles. The van der Waals surface area contributed by atoms with Gasteiger partial charge in [-0.2, -0.15) is 31.6 Å². The smallest absolute Gasteiger partial charge is 0.192 e. The Balaban J connectivity index is 2.03. The lowest BCUT2D eigenvalue weighted by Crippen LogP contribution is -2.11. The van der Waals surface area contributed by atoms with Crippen molar-refractivity contribution in [2.24, 2.45) is 0 Å². The second-order valence-electron chi connectivity index (χ2n) is 7.20. The molecule has 4 rings (SSSR count). The Morgan fingerprint density at radius 2 is 1.16 bits per heavy atom. The molecule has 7 heteroatoms. The summed E-state index contributed by atoms with van der Waals surface area (Å²) in [6.07, 6.45) is -8.65. The molecule has 0 heterocycles. The SMILES string of the molecule is N#C/C(=C\c1c2ccccc2cc2ccccc12)c1cc(C(F)(F)F)cc(C(F)(F)F)c1. The van der Waals surface area contributed by atoms with Crippen molar-refractivity contribution in [3.63, 3.8) is 0 Å². The molecule has 0 saturated heterocycles. The van der Waals surface area contributed by atoms with Crippen LogP contribution in [0, 0.1) is 11.3 Å². The lowest BCUT2D eigenvalue weighted by Gasteiger charge is -2.14. The normalized spacial score (nSPS) is 12.8. The number of nitriles is 1. The fourth-order valence-electron chi connectivity index (χ4n) is 3.64. The minimum Gasteiger partial charge on any atom is -0.192 e. The zero-order valence-corrected chi connectivity index (χ0v) is 16.2. The lowest BCUT2D eigenvalue weighted by atomic mass is 9.93. The predicted octanol–water partition coefficient (Wildman–Crippen LogP) is 8.09. The summed E-state index contributed by atoms with van der Waals surface area (Å²) in [6.45, 7) is 0. The summed E-state index contributed by atoms with van der Waals surface area (Å²) < 4.78 is 79.7. The molecular formula is C25H13F6N. The highest BCUT2D eigenvalue weighted by Gasteiger charge is 2.37. The second-order valence-corrected chi connectivity index (χ2v) is 7.20. The minimum atomic E-state index is -5.00. The molecule has 0 N–H and O–H groups in total. The fraction of sp³-hybridized carbons (Fsp3) is 0.0800. The van der Waals surface area contributed by atoms with E-state index in [9.17, 15) is 31.6 Å². The molecular weight excluding hydrogens is 428 g/mol. The van der Waals surface area contributed by atoms with E-state index in [1.165, 1.54) is 6.08 Å². The van der Waals surface area contributed by atoms with Crippen molar-refractivity contribution >= 4 is 33.2 Å². The number of hydrogen-bond acceptors (Lipinski definition) is 1. The third kappa shape index (κ3) is 4.04. The van der Waals surface area contributed by atoms with Gasteiger partial charge in [-0.15, -0.1) is 0 Å². The molecule has 0 spiro atoms. The quantitative estimate of drug-likeness (QED) is 0.133. The van der Waals surface area contributed by atoms with E-state index in [-0.39, 0.29) is 11.6 Å². The van der Waals surface area contributed by atoms with E-state index in [4.69, 9.17) is 0 Å². The van der Waals surface area contributed by atoms with E-state index >= 15 is 0 Å². The molecule has 0 aliphatic heterocycles. The van der Waals surface area contributed by atoms with E-state index in [1.807, 2.05) is 30.3 Å². The van der Waals surface area contributed by atoms with Crippen LogP contribution in [-0.2, 0) is 12.4 Å². The first kappa shape index (κ1) is 21.4. The largest absolute Gasteiger partial charge is 0.416 e. The monoisotopic (exact) mass is 441 g/mol. The molecule has 1 nitrogen and oxygen atoms in total. The lowest BCUT2D eigenvalue weighted by molar-refractivity contribution is -0.143. The first-order valence-electron chi connectivity index (χ1n) is 9.40. The Bertz CT molecular complexity index is 1320. The number of nitrogens with zero attached hydrogens (tertiary/aromatic N) is 1. The maximum absolute atomic E-state index is 13.3. The van der Waals surface area contributed by atoms with Crippen LogP contribution in [0.1, 0.15) is 22.3 Å². The Hall–Kier alpha value is -3.79. The molecule has 0 aliphatic rings. The average Bonchev–Trinajstić information content (AvgIpc) is 2.75. The molecule has 0 aromatic heterocycles. The molecule has 32 heavy (non-hydrogen) atoms. The van der Waals surface area contributed by atoms with Crippen LogP contribution in [0.3, 0.4) is 0 Å². The molecule has 0 amide bonds. The second kappa shape index (κ2) is 7.72. The predicted molar refractivity (Wildman–Crippen MR) is 111 cm³/mol. The Morgan fingerprint density at radius 1 is 0.688 bits per heavy atom. The maximum Gasteiger partial charge on any atom is 0.416 e. The molecule has 0 fully saturated rings. The van der Waals surface area contributed by atoms with Crippen LogP contribution in [0.5, 0.6) is 0 Å². The highest BCUT2D eigenvalue weighted by molar-refractivity contribution is 6.10. The summed E-state index contributed by atoms with van der Waals surface area (Å²) in [7, 11) is 0. The first-order chi connectivity index (χ1) is 15.1. The Morgan fingerprint density at radius 3 is 1.59 bits per heavy atom. The van der Waals surface area contributed by atoms with Gasteiger partial charge in [0.25, 0.3) is 0 Å². The first-order valence-corrected chi connectivity index (χ1v) is 9.40. The molecule has 4 aromatic rings. The van der Waals surface area contributed by atoms with Crippen molar-refractivity contribution in [1.82, 2.24) is 0 Å². The molecule has 0 radical (unpaired) electrons. The van der Waals surface area contributed by atoms with Crippen LogP contribution in [-0.4, -0.2) is 0 Å². The maximum atomic E-state index is 13.3. The van der Waals surface area contributed by atoms with Gasteiger partial charge >= 0.3 is 12.4 Å². The van der Waals surface area contributed by atoms with Gasteiger partial charge in [-0.05, 0) is 63.0 Å². The fourth-order valence-corrected chi connectivity index (χ4v) is 3.64. The number of benzene rings is 4. The van der Waals surface area contributed by atoms with Crippen molar-refractivity contribution in [2.75, 3.05) is 0 Å². The highest BCUT2D eigenvalue weighted by Crippen LogP contribution is 2.38. The topological polar surface area (TPSA) is 23.8 Å². The summed E-state index contributed by atoms with van der Waals surface area (Å²) in [5.41, 5.74) is -3.14. The van der Waals surface area contributed by atoms with Gasteiger partial charge in [0, 0.05) is 0 Å². The zero-order chi connectivity index (χ0) is 23.1. The van der Waals surface area contributed by atoms with Gasteiger partial charge in [0.2, 0.25) is 0 Å². The number of allylic oxidation sites excluding steroid dienone is 1. The van der Waals surface area contributed by atoms with E-state index in [0.29, 0.717) is 17.7 Å². The van der Waals surface area contributed by atoms with Crippen LogP contribution in [0.2, 0.25) is 0 Å². The third-order valence-corrected chi connectivity index (χ3v) is 5.12. The Kier molecular flexibility index (Phi) is 5.17. The van der Waals surface area contributed by atoms with Crippen LogP contribution in [0.4, 0.5) is 26.3 Å². The van der Waals surface area contributed by atoms with Crippen LogP contribution < -0.4 is 0 Å². The summed E-state index contributed by atoms with van der Waals surface area (Å²) in [5.74, 6) is 0. The van der Waals surface area contributed by atoms with Crippen molar-refractivity contribution in [3.05, 3.63) is 95.1 Å². The standard InChI is InChI=1S/C25H13F6N/c26-24(27,28)19-10-17(11-20(13-19)25(29,30)31)18(14-32)12-23-21-7-3-1-5-15(21)9-16-6-2-4-8-22(16)23/h1-13H/b18-12+. The van der Waals surface area contributed by atoms with Gasteiger partial charge in [0.05, 0.1) is 22.8 Å².